The normalized spacial score (nSPS) is 28.1. The van der Waals surface area contributed by atoms with Gasteiger partial charge in [0.15, 0.2) is 0 Å². The molecule has 2 rings (SSSR count). The SMILES string of the molecule is CC(C)[C@@H](NC(=O)N1CCC2C(CCCN2C)C1)C(=O)O. The molecule has 2 saturated heterocycles. The molecule has 2 N–H and O–H groups in total. The topological polar surface area (TPSA) is 72.9 Å². The van der Waals surface area contributed by atoms with Crippen molar-refractivity contribution in [3.05, 3.63) is 0 Å². The van der Waals surface area contributed by atoms with Gasteiger partial charge in [0.05, 0.1) is 0 Å². The van der Waals surface area contributed by atoms with E-state index in [0.717, 1.165) is 25.9 Å². The molecule has 21 heavy (non-hydrogen) atoms. The number of urea groups is 1. The Hall–Kier alpha value is -1.30. The van der Waals surface area contributed by atoms with Gasteiger partial charge in [-0.1, -0.05) is 13.8 Å². The molecule has 3 atom stereocenters. The quantitative estimate of drug-likeness (QED) is 0.821. The van der Waals surface area contributed by atoms with Crippen molar-refractivity contribution in [1.82, 2.24) is 15.1 Å². The van der Waals surface area contributed by atoms with Gasteiger partial charge in [-0.2, -0.15) is 0 Å². The van der Waals surface area contributed by atoms with Crippen LogP contribution in [0.1, 0.15) is 33.1 Å². The molecular formula is C15H27N3O3. The molecule has 0 aromatic heterocycles. The molecule has 2 fully saturated rings. The van der Waals surface area contributed by atoms with E-state index in [9.17, 15) is 14.7 Å². The van der Waals surface area contributed by atoms with Gasteiger partial charge >= 0.3 is 12.0 Å². The number of nitrogens with zero attached hydrogens (tertiary/aromatic N) is 2. The number of carboxylic acids is 1. The number of hydrogen-bond acceptors (Lipinski definition) is 3. The largest absolute Gasteiger partial charge is 0.480 e. The van der Waals surface area contributed by atoms with Crippen LogP contribution in [0.25, 0.3) is 0 Å². The predicted molar refractivity (Wildman–Crippen MR) is 80.1 cm³/mol. The van der Waals surface area contributed by atoms with Crippen LogP contribution in [0.3, 0.4) is 0 Å². The second-order valence-electron chi connectivity index (χ2n) is 6.69. The Morgan fingerprint density at radius 1 is 1.24 bits per heavy atom. The molecule has 2 aliphatic rings. The van der Waals surface area contributed by atoms with E-state index in [0.29, 0.717) is 18.5 Å². The summed E-state index contributed by atoms with van der Waals surface area (Å²) in [7, 11) is 2.16. The average molecular weight is 297 g/mol. The lowest BCUT2D eigenvalue weighted by molar-refractivity contribution is -0.140. The van der Waals surface area contributed by atoms with Crippen LogP contribution in [0.4, 0.5) is 4.79 Å². The summed E-state index contributed by atoms with van der Waals surface area (Å²) in [5.74, 6) is -0.569. The zero-order valence-electron chi connectivity index (χ0n) is 13.2. The first-order valence-electron chi connectivity index (χ1n) is 7.88. The van der Waals surface area contributed by atoms with Gasteiger partial charge in [0.25, 0.3) is 0 Å². The number of likely N-dealkylation sites (tertiary alicyclic amines) is 2. The highest BCUT2D eigenvalue weighted by atomic mass is 16.4. The number of nitrogens with one attached hydrogen (secondary N) is 1. The van der Waals surface area contributed by atoms with Crippen LogP contribution < -0.4 is 5.32 Å². The number of carbonyl (C=O) groups excluding carboxylic acids is 1. The fourth-order valence-electron chi connectivity index (χ4n) is 3.57. The highest BCUT2D eigenvalue weighted by Gasteiger charge is 2.36. The first-order chi connectivity index (χ1) is 9.90. The maximum Gasteiger partial charge on any atom is 0.326 e. The van der Waals surface area contributed by atoms with Gasteiger partial charge in [-0.25, -0.2) is 9.59 Å². The molecule has 6 heteroatoms. The van der Waals surface area contributed by atoms with E-state index in [2.05, 4.69) is 17.3 Å². The molecule has 0 aromatic carbocycles. The standard InChI is InChI=1S/C15H27N3O3/c1-10(2)13(14(19)20)16-15(21)18-8-6-12-11(9-18)5-4-7-17(12)3/h10-13H,4-9H2,1-3H3,(H,16,21)(H,19,20)/t11?,12?,13-/m1/s1. The Kier molecular flexibility index (Phi) is 5.08. The molecule has 0 spiro atoms. The molecular weight excluding hydrogens is 270 g/mol. The van der Waals surface area contributed by atoms with Crippen LogP contribution >= 0.6 is 0 Å². The lowest BCUT2D eigenvalue weighted by Crippen LogP contribution is -2.57. The molecule has 0 radical (unpaired) electrons. The summed E-state index contributed by atoms with van der Waals surface area (Å²) in [6.07, 6.45) is 3.32. The molecule has 2 heterocycles. The summed E-state index contributed by atoms with van der Waals surface area (Å²) in [6, 6.07) is -0.477. The van der Waals surface area contributed by atoms with E-state index >= 15 is 0 Å². The second kappa shape index (κ2) is 6.64. The van der Waals surface area contributed by atoms with Crippen molar-refractivity contribution in [3.8, 4) is 0 Å². The van der Waals surface area contributed by atoms with Gasteiger partial charge in [0.2, 0.25) is 0 Å². The number of carboxylic acid groups (broad SMARTS) is 1. The van der Waals surface area contributed by atoms with Crippen molar-refractivity contribution < 1.29 is 14.7 Å². The molecule has 2 unspecified atom stereocenters. The van der Waals surface area contributed by atoms with Gasteiger partial charge in [-0.3, -0.25) is 0 Å². The van der Waals surface area contributed by atoms with E-state index in [1.807, 2.05) is 0 Å². The number of hydrogen-bond donors (Lipinski definition) is 2. The lowest BCUT2D eigenvalue weighted by atomic mass is 9.84. The molecule has 2 aliphatic heterocycles. The smallest absolute Gasteiger partial charge is 0.326 e. The molecule has 120 valence electrons. The molecule has 2 amide bonds. The third kappa shape index (κ3) is 3.67. The van der Waals surface area contributed by atoms with Gasteiger partial charge in [0, 0.05) is 19.1 Å². The highest BCUT2D eigenvalue weighted by Crippen LogP contribution is 2.29. The summed E-state index contributed by atoms with van der Waals surface area (Å²) in [4.78, 5) is 27.7. The fraction of sp³-hybridized carbons (Fsp3) is 0.867. The number of aliphatic carboxylic acids is 1. The first kappa shape index (κ1) is 16.1. The maximum atomic E-state index is 12.3. The fourth-order valence-corrected chi connectivity index (χ4v) is 3.57. The summed E-state index contributed by atoms with van der Waals surface area (Å²) in [5.41, 5.74) is 0. The Labute approximate surface area is 126 Å². The van der Waals surface area contributed by atoms with Crippen LogP contribution in [-0.4, -0.2) is 65.7 Å². The molecule has 0 aliphatic carbocycles. The van der Waals surface area contributed by atoms with Gasteiger partial charge in [-0.15, -0.1) is 0 Å². The highest BCUT2D eigenvalue weighted by molar-refractivity contribution is 5.82. The van der Waals surface area contributed by atoms with Crippen LogP contribution in [0, 0.1) is 11.8 Å². The second-order valence-corrected chi connectivity index (χ2v) is 6.69. The minimum atomic E-state index is -0.967. The Bertz CT molecular complexity index is 400. The van der Waals surface area contributed by atoms with E-state index in [-0.39, 0.29) is 11.9 Å². The molecule has 6 nitrogen and oxygen atoms in total. The number of fused-ring (bicyclic) bond motifs is 1. The van der Waals surface area contributed by atoms with Crippen molar-refractivity contribution in [2.24, 2.45) is 11.8 Å². The van der Waals surface area contributed by atoms with Gasteiger partial charge in [0.1, 0.15) is 6.04 Å². The van der Waals surface area contributed by atoms with Crippen LogP contribution in [0.15, 0.2) is 0 Å². The summed E-state index contributed by atoms with van der Waals surface area (Å²) in [6.45, 7) is 6.21. The van der Waals surface area contributed by atoms with E-state index < -0.39 is 12.0 Å². The zero-order chi connectivity index (χ0) is 15.6. The van der Waals surface area contributed by atoms with Crippen molar-refractivity contribution in [1.29, 1.82) is 0 Å². The third-order valence-corrected chi connectivity index (χ3v) is 4.84. The maximum absolute atomic E-state index is 12.3. The van der Waals surface area contributed by atoms with Crippen molar-refractivity contribution in [2.75, 3.05) is 26.7 Å². The average Bonchev–Trinajstić information content (AvgIpc) is 2.43. The monoisotopic (exact) mass is 297 g/mol. The lowest BCUT2D eigenvalue weighted by Gasteiger charge is -2.46. The van der Waals surface area contributed by atoms with Crippen LogP contribution in [0.5, 0.6) is 0 Å². The molecule has 0 bridgehead atoms. The Balaban J connectivity index is 1.93. The van der Waals surface area contributed by atoms with Crippen molar-refractivity contribution >= 4 is 12.0 Å². The first-order valence-corrected chi connectivity index (χ1v) is 7.88. The summed E-state index contributed by atoms with van der Waals surface area (Å²) in [5, 5.41) is 11.8. The summed E-state index contributed by atoms with van der Waals surface area (Å²) >= 11 is 0. The minimum Gasteiger partial charge on any atom is -0.480 e. The molecule has 0 aromatic rings. The van der Waals surface area contributed by atoms with E-state index in [1.165, 1.54) is 6.42 Å². The van der Waals surface area contributed by atoms with Crippen LogP contribution in [0.2, 0.25) is 0 Å². The van der Waals surface area contributed by atoms with E-state index in [1.54, 1.807) is 18.7 Å². The van der Waals surface area contributed by atoms with Crippen LogP contribution in [-0.2, 0) is 4.79 Å². The molecule has 0 saturated carbocycles. The number of rotatable bonds is 3. The van der Waals surface area contributed by atoms with Crippen molar-refractivity contribution in [2.45, 2.75) is 45.2 Å². The van der Waals surface area contributed by atoms with Crippen molar-refractivity contribution in [3.63, 3.8) is 0 Å². The summed E-state index contributed by atoms with van der Waals surface area (Å²) < 4.78 is 0. The van der Waals surface area contributed by atoms with Gasteiger partial charge in [-0.05, 0) is 44.7 Å². The van der Waals surface area contributed by atoms with Gasteiger partial charge < -0.3 is 20.2 Å². The predicted octanol–water partition coefficient (Wildman–Crippen LogP) is 1.22. The van der Waals surface area contributed by atoms with E-state index in [4.69, 9.17) is 0 Å². The number of carbonyl (C=O) groups is 2. The number of amides is 2. The number of piperidine rings is 2. The Morgan fingerprint density at radius 3 is 2.57 bits per heavy atom. The third-order valence-electron chi connectivity index (χ3n) is 4.84. The minimum absolute atomic E-state index is 0.121. The zero-order valence-corrected chi connectivity index (χ0v) is 13.2. The Morgan fingerprint density at radius 2 is 1.95 bits per heavy atom.